The number of nitrogens with zero attached hydrogens (tertiary/aromatic N) is 3. The fraction of sp³-hybridized carbons (Fsp3) is 0.318. The number of hydrogen-bond acceptors (Lipinski definition) is 2. The molecule has 2 aromatic heterocycles. The van der Waals surface area contributed by atoms with Gasteiger partial charge < -0.3 is 9.55 Å². The zero-order valence-corrected chi connectivity index (χ0v) is 15.2. The summed E-state index contributed by atoms with van der Waals surface area (Å²) in [6, 6.07) is 17.0. The largest absolute Gasteiger partial charge is 0.361 e. The molecule has 1 aliphatic rings. The molecule has 5 rings (SSSR count). The van der Waals surface area contributed by atoms with Gasteiger partial charge in [0.05, 0.1) is 17.6 Å². The van der Waals surface area contributed by atoms with E-state index in [0.717, 1.165) is 31.0 Å². The first kappa shape index (κ1) is 15.6. The number of para-hydroxylation sites is 3. The summed E-state index contributed by atoms with van der Waals surface area (Å²) in [7, 11) is 2.13. The predicted octanol–water partition coefficient (Wildman–Crippen LogP) is 4.43. The van der Waals surface area contributed by atoms with Crippen molar-refractivity contribution in [3.05, 3.63) is 66.1 Å². The highest BCUT2D eigenvalue weighted by Gasteiger charge is 2.23. The molecule has 132 valence electrons. The molecular formula is C22H24N4. The Balaban J connectivity index is 1.30. The summed E-state index contributed by atoms with van der Waals surface area (Å²) >= 11 is 0. The van der Waals surface area contributed by atoms with Gasteiger partial charge >= 0.3 is 0 Å². The molecule has 1 saturated heterocycles. The first-order chi connectivity index (χ1) is 12.8. The Labute approximate surface area is 153 Å². The third-order valence-electron chi connectivity index (χ3n) is 5.89. The predicted molar refractivity (Wildman–Crippen MR) is 106 cm³/mol. The minimum Gasteiger partial charge on any atom is -0.361 e. The number of hydrogen-bond donors (Lipinski definition) is 1. The number of rotatable bonds is 3. The summed E-state index contributed by atoms with van der Waals surface area (Å²) < 4.78 is 2.24. The molecule has 4 heteroatoms. The number of aromatic amines is 1. The molecule has 0 bridgehead atoms. The van der Waals surface area contributed by atoms with Crippen LogP contribution in [0, 0.1) is 0 Å². The van der Waals surface area contributed by atoms with Crippen molar-refractivity contribution in [1.29, 1.82) is 0 Å². The highest BCUT2D eigenvalue weighted by Crippen LogP contribution is 2.33. The summed E-state index contributed by atoms with van der Waals surface area (Å²) in [4.78, 5) is 10.8. The number of nitrogens with one attached hydrogen (secondary N) is 1. The zero-order valence-electron chi connectivity index (χ0n) is 15.2. The maximum atomic E-state index is 4.83. The van der Waals surface area contributed by atoms with Crippen LogP contribution in [0.25, 0.3) is 21.9 Å². The Kier molecular flexibility index (Phi) is 3.79. The van der Waals surface area contributed by atoms with Crippen LogP contribution in [0.3, 0.4) is 0 Å². The lowest BCUT2D eigenvalue weighted by atomic mass is 9.89. The number of imidazole rings is 1. The molecule has 0 amide bonds. The highest BCUT2D eigenvalue weighted by molar-refractivity contribution is 5.83. The summed E-state index contributed by atoms with van der Waals surface area (Å²) in [5.41, 5.74) is 5.06. The molecule has 26 heavy (non-hydrogen) atoms. The van der Waals surface area contributed by atoms with Gasteiger partial charge in [-0.3, -0.25) is 4.90 Å². The lowest BCUT2D eigenvalue weighted by Gasteiger charge is -2.31. The van der Waals surface area contributed by atoms with Gasteiger partial charge in [-0.25, -0.2) is 4.98 Å². The van der Waals surface area contributed by atoms with Crippen molar-refractivity contribution in [3.8, 4) is 0 Å². The van der Waals surface area contributed by atoms with Crippen LogP contribution in [-0.4, -0.2) is 32.5 Å². The van der Waals surface area contributed by atoms with Gasteiger partial charge in [0.1, 0.15) is 5.82 Å². The number of likely N-dealkylation sites (tertiary alicyclic amines) is 1. The number of aromatic nitrogens is 3. The van der Waals surface area contributed by atoms with E-state index in [-0.39, 0.29) is 0 Å². The number of fused-ring (bicyclic) bond motifs is 2. The maximum Gasteiger partial charge on any atom is 0.123 e. The van der Waals surface area contributed by atoms with Gasteiger partial charge in [-0.1, -0.05) is 30.3 Å². The van der Waals surface area contributed by atoms with E-state index in [1.165, 1.54) is 34.8 Å². The van der Waals surface area contributed by atoms with Gasteiger partial charge in [0, 0.05) is 24.1 Å². The quantitative estimate of drug-likeness (QED) is 0.597. The van der Waals surface area contributed by atoms with Gasteiger partial charge in [-0.15, -0.1) is 0 Å². The number of benzene rings is 2. The standard InChI is InChI=1S/C22H24N4/c1-25-21-9-5-4-8-20(21)24-22(25)15-26-12-10-16(11-13-26)18-14-23-19-7-3-2-6-17(18)19/h2-9,14,16,23H,10-13,15H2,1H3. The summed E-state index contributed by atoms with van der Waals surface area (Å²) in [6.07, 6.45) is 4.65. The van der Waals surface area contributed by atoms with Gasteiger partial charge in [0.25, 0.3) is 0 Å². The van der Waals surface area contributed by atoms with Crippen molar-refractivity contribution < 1.29 is 0 Å². The Morgan fingerprint density at radius 3 is 2.65 bits per heavy atom. The van der Waals surface area contributed by atoms with Gasteiger partial charge in [0.2, 0.25) is 0 Å². The van der Waals surface area contributed by atoms with Crippen molar-refractivity contribution in [1.82, 2.24) is 19.4 Å². The molecule has 0 atom stereocenters. The highest BCUT2D eigenvalue weighted by atomic mass is 15.2. The van der Waals surface area contributed by atoms with E-state index in [0.29, 0.717) is 5.92 Å². The van der Waals surface area contributed by atoms with Crippen LogP contribution in [0.15, 0.2) is 54.7 Å². The topological polar surface area (TPSA) is 36.9 Å². The van der Waals surface area contributed by atoms with Gasteiger partial charge in [-0.05, 0) is 55.6 Å². The number of piperidine rings is 1. The van der Waals surface area contributed by atoms with E-state index in [9.17, 15) is 0 Å². The lowest BCUT2D eigenvalue weighted by molar-refractivity contribution is 0.199. The van der Waals surface area contributed by atoms with Crippen molar-refractivity contribution in [2.75, 3.05) is 13.1 Å². The van der Waals surface area contributed by atoms with Crippen LogP contribution in [0.2, 0.25) is 0 Å². The van der Waals surface area contributed by atoms with Crippen LogP contribution in [-0.2, 0) is 13.6 Å². The molecule has 0 aliphatic carbocycles. The van der Waals surface area contributed by atoms with Crippen LogP contribution >= 0.6 is 0 Å². The summed E-state index contributed by atoms with van der Waals surface area (Å²) in [6.45, 7) is 3.20. The molecule has 0 saturated carbocycles. The molecule has 1 N–H and O–H groups in total. The SMILES string of the molecule is Cn1c(CN2CCC(c3c[nH]c4ccccc34)CC2)nc2ccccc21. The van der Waals surface area contributed by atoms with Crippen LogP contribution in [0.4, 0.5) is 0 Å². The van der Waals surface area contributed by atoms with E-state index in [1.54, 1.807) is 0 Å². The normalized spacial score (nSPS) is 16.7. The Morgan fingerprint density at radius 2 is 1.81 bits per heavy atom. The first-order valence-corrected chi connectivity index (χ1v) is 9.48. The number of aryl methyl sites for hydroxylation is 1. The van der Waals surface area contributed by atoms with Crippen LogP contribution < -0.4 is 0 Å². The first-order valence-electron chi connectivity index (χ1n) is 9.48. The monoisotopic (exact) mass is 344 g/mol. The van der Waals surface area contributed by atoms with Crippen LogP contribution in [0.5, 0.6) is 0 Å². The maximum absolute atomic E-state index is 4.83. The van der Waals surface area contributed by atoms with E-state index in [4.69, 9.17) is 4.98 Å². The fourth-order valence-corrected chi connectivity index (χ4v) is 4.37. The van der Waals surface area contributed by atoms with Crippen LogP contribution in [0.1, 0.15) is 30.1 Å². The molecule has 4 aromatic rings. The van der Waals surface area contributed by atoms with Gasteiger partial charge in [0.15, 0.2) is 0 Å². The fourth-order valence-electron chi connectivity index (χ4n) is 4.37. The van der Waals surface area contributed by atoms with Gasteiger partial charge in [-0.2, -0.15) is 0 Å². The molecule has 2 aromatic carbocycles. The van der Waals surface area contributed by atoms with Crippen molar-refractivity contribution >= 4 is 21.9 Å². The third-order valence-corrected chi connectivity index (χ3v) is 5.89. The molecule has 3 heterocycles. The Morgan fingerprint density at radius 1 is 1.04 bits per heavy atom. The summed E-state index contributed by atoms with van der Waals surface area (Å²) in [5, 5.41) is 1.39. The Hall–Kier alpha value is -2.59. The minimum absolute atomic E-state index is 0.655. The molecule has 0 unspecified atom stereocenters. The lowest BCUT2D eigenvalue weighted by Crippen LogP contribution is -2.33. The molecule has 0 spiro atoms. The summed E-state index contributed by atoms with van der Waals surface area (Å²) in [5.74, 6) is 1.82. The average molecular weight is 344 g/mol. The van der Waals surface area contributed by atoms with E-state index >= 15 is 0 Å². The second kappa shape index (κ2) is 6.29. The number of H-pyrrole nitrogens is 1. The van der Waals surface area contributed by atoms with E-state index in [2.05, 4.69) is 76.2 Å². The van der Waals surface area contributed by atoms with Crippen molar-refractivity contribution in [2.24, 2.45) is 7.05 Å². The van der Waals surface area contributed by atoms with Crippen molar-refractivity contribution in [2.45, 2.75) is 25.3 Å². The molecule has 1 fully saturated rings. The smallest absolute Gasteiger partial charge is 0.123 e. The molecule has 4 nitrogen and oxygen atoms in total. The molecule has 1 aliphatic heterocycles. The Bertz CT molecular complexity index is 1050. The minimum atomic E-state index is 0.655. The zero-order chi connectivity index (χ0) is 17.5. The molecular weight excluding hydrogens is 320 g/mol. The van der Waals surface area contributed by atoms with E-state index < -0.39 is 0 Å². The second-order valence-electron chi connectivity index (χ2n) is 7.42. The molecule has 0 radical (unpaired) electrons. The van der Waals surface area contributed by atoms with Crippen molar-refractivity contribution in [3.63, 3.8) is 0 Å². The second-order valence-corrected chi connectivity index (χ2v) is 7.42. The van der Waals surface area contributed by atoms with E-state index in [1.807, 2.05) is 0 Å². The third kappa shape index (κ3) is 2.61. The average Bonchev–Trinajstić information content (AvgIpc) is 3.25.